The molecule has 0 unspecified atom stereocenters. The summed E-state index contributed by atoms with van der Waals surface area (Å²) in [4.78, 5) is 0. The highest BCUT2D eigenvalue weighted by molar-refractivity contribution is 7.85. The monoisotopic (exact) mass is 481 g/mol. The number of nitrogens with one attached hydrogen (secondary N) is 1. The van der Waals surface area contributed by atoms with Gasteiger partial charge in [-0.2, -0.15) is 8.42 Å². The summed E-state index contributed by atoms with van der Waals surface area (Å²) in [6, 6.07) is 22.8. The van der Waals surface area contributed by atoms with E-state index in [1.807, 2.05) is 30.3 Å². The maximum atomic E-state index is 11.4. The molecular weight excluding hydrogens is 450 g/mol. The van der Waals surface area contributed by atoms with E-state index in [0.717, 1.165) is 53.8 Å². The van der Waals surface area contributed by atoms with E-state index in [1.165, 1.54) is 11.1 Å². The van der Waals surface area contributed by atoms with Gasteiger partial charge in [0.1, 0.15) is 0 Å². The van der Waals surface area contributed by atoms with Gasteiger partial charge in [0.05, 0.1) is 12.9 Å². The maximum Gasteiger partial charge on any atom is 0.264 e. The van der Waals surface area contributed by atoms with Gasteiger partial charge in [0.2, 0.25) is 6.79 Å². The Kier molecular flexibility index (Phi) is 7.88. The lowest BCUT2D eigenvalue weighted by atomic mass is 9.91. The molecule has 0 radical (unpaired) electrons. The molecule has 34 heavy (non-hydrogen) atoms. The van der Waals surface area contributed by atoms with E-state index in [1.54, 1.807) is 0 Å². The Balaban J connectivity index is 1.50. The minimum absolute atomic E-state index is 0.108. The number of rotatable bonds is 11. The Morgan fingerprint density at radius 1 is 0.912 bits per heavy atom. The van der Waals surface area contributed by atoms with Crippen LogP contribution in [0.3, 0.4) is 0 Å². The van der Waals surface area contributed by atoms with Crippen LogP contribution in [0, 0.1) is 0 Å². The molecule has 1 aliphatic heterocycles. The fourth-order valence-electron chi connectivity index (χ4n) is 4.20. The molecule has 0 amide bonds. The zero-order valence-corrected chi connectivity index (χ0v) is 20.4. The molecule has 0 aromatic heterocycles. The molecule has 1 atom stereocenters. The second-order valence-corrected chi connectivity index (χ2v) is 10.1. The van der Waals surface area contributed by atoms with E-state index in [0.29, 0.717) is 6.42 Å². The summed E-state index contributed by atoms with van der Waals surface area (Å²) < 4.78 is 39.0. The Morgan fingerprint density at radius 3 is 2.38 bits per heavy atom. The lowest BCUT2D eigenvalue weighted by Gasteiger charge is -2.17. The molecule has 1 aliphatic rings. The highest BCUT2D eigenvalue weighted by atomic mass is 32.2. The van der Waals surface area contributed by atoms with Crippen molar-refractivity contribution in [1.82, 2.24) is 5.32 Å². The van der Waals surface area contributed by atoms with E-state index in [4.69, 9.17) is 13.7 Å². The summed E-state index contributed by atoms with van der Waals surface area (Å²) in [5, 5.41) is 3.60. The largest absolute Gasteiger partial charge is 0.454 e. The first-order valence-corrected chi connectivity index (χ1v) is 13.4. The van der Waals surface area contributed by atoms with Gasteiger partial charge >= 0.3 is 0 Å². The predicted octanol–water partition coefficient (Wildman–Crippen LogP) is 4.88. The van der Waals surface area contributed by atoms with Crippen LogP contribution in [-0.2, 0) is 27.1 Å². The van der Waals surface area contributed by atoms with Crippen molar-refractivity contribution in [2.75, 3.05) is 26.2 Å². The molecule has 180 valence electrons. The zero-order valence-electron chi connectivity index (χ0n) is 19.6. The smallest absolute Gasteiger partial charge is 0.264 e. The summed E-state index contributed by atoms with van der Waals surface area (Å²) in [6.07, 6.45) is 3.40. The number of hydrogen-bond donors (Lipinski definition) is 1. The highest BCUT2D eigenvalue weighted by Crippen LogP contribution is 2.40. The molecule has 0 saturated heterocycles. The van der Waals surface area contributed by atoms with Crippen molar-refractivity contribution in [3.8, 4) is 22.6 Å². The van der Waals surface area contributed by atoms with Crippen molar-refractivity contribution >= 4 is 10.1 Å². The molecule has 0 saturated carbocycles. The van der Waals surface area contributed by atoms with Gasteiger partial charge in [-0.05, 0) is 72.7 Å². The van der Waals surface area contributed by atoms with Crippen LogP contribution in [0.5, 0.6) is 11.5 Å². The molecule has 0 spiro atoms. The van der Waals surface area contributed by atoms with Crippen LogP contribution in [0.1, 0.15) is 36.1 Å². The topological polar surface area (TPSA) is 73.9 Å². The quantitative estimate of drug-likeness (QED) is 0.311. The second-order valence-electron chi connectivity index (χ2n) is 8.49. The van der Waals surface area contributed by atoms with Crippen molar-refractivity contribution in [3.05, 3.63) is 83.4 Å². The van der Waals surface area contributed by atoms with Gasteiger partial charge in [0, 0.05) is 6.04 Å². The summed E-state index contributed by atoms with van der Waals surface area (Å²) in [5.41, 5.74) is 5.61. The third-order valence-corrected chi connectivity index (χ3v) is 6.54. The molecule has 1 heterocycles. The minimum atomic E-state index is -3.47. The van der Waals surface area contributed by atoms with E-state index in [9.17, 15) is 8.42 Å². The molecule has 0 aliphatic carbocycles. The molecule has 4 rings (SSSR count). The standard InChI is InChI=1S/C27H31NO5S/c1-20(21-9-4-3-5-10-21)28-15-8-12-23-17-26-27(32-19-31-26)18-25(23)24-13-7-6-11-22(24)14-16-33-34(2,29)30/h3-7,9-11,13,17-18,20,28H,8,12,14-16,19H2,1-2H3/t20-/m0/s1. The van der Waals surface area contributed by atoms with Gasteiger partial charge in [-0.1, -0.05) is 54.6 Å². The van der Waals surface area contributed by atoms with Crippen LogP contribution < -0.4 is 14.8 Å². The molecule has 0 bridgehead atoms. The summed E-state index contributed by atoms with van der Waals surface area (Å²) in [7, 11) is -3.47. The SMILES string of the molecule is C[C@H](NCCCc1cc2c(cc1-c1ccccc1CCOS(C)(=O)=O)OCO2)c1ccccc1. The lowest BCUT2D eigenvalue weighted by Crippen LogP contribution is -2.20. The van der Waals surface area contributed by atoms with Crippen LogP contribution in [0.15, 0.2) is 66.7 Å². The number of benzene rings is 3. The van der Waals surface area contributed by atoms with Gasteiger partial charge in [-0.25, -0.2) is 0 Å². The number of hydrogen-bond acceptors (Lipinski definition) is 6. The van der Waals surface area contributed by atoms with Gasteiger partial charge in [-0.15, -0.1) is 0 Å². The van der Waals surface area contributed by atoms with E-state index >= 15 is 0 Å². The summed E-state index contributed by atoms with van der Waals surface area (Å²) in [6.45, 7) is 3.39. The van der Waals surface area contributed by atoms with Crippen molar-refractivity contribution in [2.24, 2.45) is 0 Å². The van der Waals surface area contributed by atoms with Crippen LogP contribution >= 0.6 is 0 Å². The van der Waals surface area contributed by atoms with E-state index in [2.05, 4.69) is 48.6 Å². The van der Waals surface area contributed by atoms with Crippen molar-refractivity contribution in [1.29, 1.82) is 0 Å². The first-order chi connectivity index (χ1) is 16.4. The molecule has 0 fully saturated rings. The van der Waals surface area contributed by atoms with Crippen molar-refractivity contribution < 1.29 is 22.1 Å². The average molecular weight is 482 g/mol. The minimum Gasteiger partial charge on any atom is -0.454 e. The Hall–Kier alpha value is -2.87. The zero-order chi connectivity index (χ0) is 24.0. The molecular formula is C27H31NO5S. The van der Waals surface area contributed by atoms with E-state index in [-0.39, 0.29) is 19.4 Å². The van der Waals surface area contributed by atoms with E-state index < -0.39 is 10.1 Å². The third kappa shape index (κ3) is 6.38. The summed E-state index contributed by atoms with van der Waals surface area (Å²) in [5.74, 6) is 1.50. The molecule has 6 nitrogen and oxygen atoms in total. The van der Waals surface area contributed by atoms with Crippen molar-refractivity contribution in [3.63, 3.8) is 0 Å². The highest BCUT2D eigenvalue weighted by Gasteiger charge is 2.19. The Bertz CT molecular complexity index is 1210. The fourth-order valence-corrected chi connectivity index (χ4v) is 4.59. The summed E-state index contributed by atoms with van der Waals surface area (Å²) >= 11 is 0. The molecule has 3 aromatic carbocycles. The fraction of sp³-hybridized carbons (Fsp3) is 0.333. The molecule has 1 N–H and O–H groups in total. The van der Waals surface area contributed by atoms with Crippen LogP contribution in [0.25, 0.3) is 11.1 Å². The Morgan fingerprint density at radius 2 is 1.62 bits per heavy atom. The normalized spacial score (nSPS) is 13.7. The van der Waals surface area contributed by atoms with Gasteiger partial charge in [-0.3, -0.25) is 4.18 Å². The molecule has 3 aromatic rings. The number of ether oxygens (including phenoxy) is 2. The lowest BCUT2D eigenvalue weighted by molar-refractivity contribution is 0.174. The van der Waals surface area contributed by atoms with Crippen LogP contribution in [0.4, 0.5) is 0 Å². The average Bonchev–Trinajstić information content (AvgIpc) is 3.29. The maximum absolute atomic E-state index is 11.4. The van der Waals surface area contributed by atoms with Crippen molar-refractivity contribution in [2.45, 2.75) is 32.2 Å². The number of aryl methyl sites for hydroxylation is 1. The second kappa shape index (κ2) is 11.0. The van der Waals surface area contributed by atoms with Crippen LogP contribution in [-0.4, -0.2) is 34.6 Å². The third-order valence-electron chi connectivity index (χ3n) is 5.95. The Labute approximate surface area is 202 Å². The first kappa shape index (κ1) is 24.3. The van der Waals surface area contributed by atoms with Gasteiger partial charge in [0.15, 0.2) is 11.5 Å². The van der Waals surface area contributed by atoms with Crippen LogP contribution in [0.2, 0.25) is 0 Å². The van der Waals surface area contributed by atoms with Gasteiger partial charge < -0.3 is 14.8 Å². The van der Waals surface area contributed by atoms with Gasteiger partial charge in [0.25, 0.3) is 10.1 Å². The first-order valence-electron chi connectivity index (χ1n) is 11.5. The predicted molar refractivity (Wildman–Crippen MR) is 134 cm³/mol. The molecule has 7 heteroatoms. The number of fused-ring (bicyclic) bond motifs is 1.